The van der Waals surface area contributed by atoms with Gasteiger partial charge in [0.05, 0.1) is 12.3 Å². The minimum absolute atomic E-state index is 0.0105. The Labute approximate surface area is 159 Å². The van der Waals surface area contributed by atoms with Crippen LogP contribution in [0.25, 0.3) is 0 Å². The molecular weight excluding hydrogens is 371 g/mol. The Balaban J connectivity index is 1.82. The average molecular weight is 388 g/mol. The van der Waals surface area contributed by atoms with Gasteiger partial charge in [-0.3, -0.25) is 14.8 Å². The second-order valence-electron chi connectivity index (χ2n) is 5.92. The molecule has 1 atom stereocenters. The number of anilines is 1. The van der Waals surface area contributed by atoms with Crippen LogP contribution in [0.4, 0.5) is 10.2 Å². The molecule has 2 aromatic heterocycles. The number of alkyl halides is 1. The minimum Gasteiger partial charge on any atom is -0.389 e. The number of amides is 1. The first kappa shape index (κ1) is 18.8. The van der Waals surface area contributed by atoms with Gasteiger partial charge in [0.1, 0.15) is 35.6 Å². The lowest BCUT2D eigenvalue weighted by Gasteiger charge is -2.30. The van der Waals surface area contributed by atoms with Crippen LogP contribution < -0.4 is 16.8 Å². The van der Waals surface area contributed by atoms with Gasteiger partial charge in [0, 0.05) is 11.8 Å². The molecule has 3 rings (SSSR count). The van der Waals surface area contributed by atoms with E-state index >= 15 is 0 Å². The van der Waals surface area contributed by atoms with Crippen molar-refractivity contribution in [1.82, 2.24) is 9.97 Å². The zero-order chi connectivity index (χ0) is 19.4. The standard InChI is InChI=1S/C17H17FN6O2S/c18-8-17(9-26-7-13(19)24-17)12-2-1-3-14(22-12)23-16(25)11-5-4-10(6-21-11)15(20)27/h1-6H,7-9H2,(H2,19,24)(H2,20,27)(H,22,23,25). The molecule has 1 unspecified atom stereocenters. The lowest BCUT2D eigenvalue weighted by atomic mass is 9.97. The molecule has 1 aliphatic heterocycles. The lowest BCUT2D eigenvalue weighted by Crippen LogP contribution is -2.42. The van der Waals surface area contributed by atoms with Gasteiger partial charge < -0.3 is 21.5 Å². The second-order valence-corrected chi connectivity index (χ2v) is 6.36. The van der Waals surface area contributed by atoms with Gasteiger partial charge in [0.25, 0.3) is 5.91 Å². The summed E-state index contributed by atoms with van der Waals surface area (Å²) in [4.78, 5) is 25.1. The van der Waals surface area contributed by atoms with E-state index in [1.165, 1.54) is 12.3 Å². The number of aliphatic imine (C=N–C) groups is 1. The summed E-state index contributed by atoms with van der Waals surface area (Å²) in [5.41, 5.74) is 10.9. The Morgan fingerprint density at radius 3 is 2.81 bits per heavy atom. The molecule has 0 aliphatic carbocycles. The van der Waals surface area contributed by atoms with E-state index in [-0.39, 0.29) is 35.5 Å². The molecule has 27 heavy (non-hydrogen) atoms. The number of aromatic nitrogens is 2. The quantitative estimate of drug-likeness (QED) is 0.650. The van der Waals surface area contributed by atoms with Gasteiger partial charge in [0.15, 0.2) is 5.54 Å². The van der Waals surface area contributed by atoms with Crippen molar-refractivity contribution in [2.45, 2.75) is 5.54 Å². The van der Waals surface area contributed by atoms with E-state index in [2.05, 4.69) is 20.3 Å². The Bertz CT molecular complexity index is 905. The van der Waals surface area contributed by atoms with Crippen LogP contribution in [0.2, 0.25) is 0 Å². The normalized spacial score (nSPS) is 19.2. The maximum atomic E-state index is 13.8. The van der Waals surface area contributed by atoms with Crippen LogP contribution in [0.3, 0.4) is 0 Å². The highest BCUT2D eigenvalue weighted by molar-refractivity contribution is 7.80. The van der Waals surface area contributed by atoms with Crippen LogP contribution in [0.5, 0.6) is 0 Å². The summed E-state index contributed by atoms with van der Waals surface area (Å²) in [5.74, 6) is -0.0616. The van der Waals surface area contributed by atoms with Crippen LogP contribution >= 0.6 is 12.2 Å². The van der Waals surface area contributed by atoms with Gasteiger partial charge in [-0.05, 0) is 24.3 Å². The van der Waals surface area contributed by atoms with E-state index < -0.39 is 18.1 Å². The highest BCUT2D eigenvalue weighted by atomic mass is 32.1. The number of nitrogens with zero attached hydrogens (tertiary/aromatic N) is 3. The first-order valence-electron chi connectivity index (χ1n) is 7.96. The summed E-state index contributed by atoms with van der Waals surface area (Å²) < 4.78 is 19.1. The number of thiocarbonyl (C=S) groups is 1. The summed E-state index contributed by atoms with van der Waals surface area (Å²) in [6, 6.07) is 7.92. The molecule has 10 heteroatoms. The van der Waals surface area contributed by atoms with Crippen molar-refractivity contribution in [3.63, 3.8) is 0 Å². The molecule has 3 heterocycles. The molecule has 5 N–H and O–H groups in total. The third-order valence-electron chi connectivity index (χ3n) is 3.92. The van der Waals surface area contributed by atoms with Crippen LogP contribution in [0, 0.1) is 0 Å². The number of hydrogen-bond donors (Lipinski definition) is 3. The summed E-state index contributed by atoms with van der Waals surface area (Å²) in [6.07, 6.45) is 1.41. The Hall–Kier alpha value is -2.98. The van der Waals surface area contributed by atoms with Crippen LogP contribution in [-0.2, 0) is 10.3 Å². The van der Waals surface area contributed by atoms with Crippen molar-refractivity contribution < 1.29 is 13.9 Å². The highest BCUT2D eigenvalue weighted by Crippen LogP contribution is 2.29. The van der Waals surface area contributed by atoms with Gasteiger partial charge in [0.2, 0.25) is 0 Å². The maximum Gasteiger partial charge on any atom is 0.275 e. The Morgan fingerprint density at radius 1 is 1.37 bits per heavy atom. The topological polar surface area (TPSA) is 129 Å². The van der Waals surface area contributed by atoms with Crippen molar-refractivity contribution in [1.29, 1.82) is 0 Å². The highest BCUT2D eigenvalue weighted by Gasteiger charge is 2.37. The summed E-state index contributed by atoms with van der Waals surface area (Å²) in [5, 5.41) is 2.62. The molecule has 1 amide bonds. The number of hydrogen-bond acceptors (Lipinski definition) is 7. The number of carbonyl (C=O) groups excluding carboxylic acids is 1. The second kappa shape index (κ2) is 7.72. The van der Waals surface area contributed by atoms with E-state index in [0.29, 0.717) is 11.3 Å². The molecule has 0 fully saturated rings. The number of halogens is 1. The molecule has 0 radical (unpaired) electrons. The number of carbonyl (C=O) groups is 1. The molecule has 1 aliphatic rings. The largest absolute Gasteiger partial charge is 0.389 e. The van der Waals surface area contributed by atoms with Gasteiger partial charge in [-0.2, -0.15) is 0 Å². The predicted octanol–water partition coefficient (Wildman–Crippen LogP) is 0.915. The lowest BCUT2D eigenvalue weighted by molar-refractivity contribution is 0.0807. The molecule has 0 saturated heterocycles. The van der Waals surface area contributed by atoms with Gasteiger partial charge in [-0.15, -0.1) is 0 Å². The zero-order valence-electron chi connectivity index (χ0n) is 14.2. The number of pyridine rings is 2. The van der Waals surface area contributed by atoms with Crippen molar-refractivity contribution in [2.24, 2.45) is 16.5 Å². The maximum absolute atomic E-state index is 13.8. The minimum atomic E-state index is -1.32. The van der Waals surface area contributed by atoms with Crippen molar-refractivity contribution in [3.8, 4) is 0 Å². The first-order valence-corrected chi connectivity index (χ1v) is 8.37. The number of ether oxygens (including phenoxy) is 1. The monoisotopic (exact) mass is 388 g/mol. The summed E-state index contributed by atoms with van der Waals surface area (Å²) >= 11 is 4.85. The van der Waals surface area contributed by atoms with Crippen LogP contribution in [0.15, 0.2) is 41.5 Å². The third-order valence-corrected chi connectivity index (χ3v) is 4.15. The summed E-state index contributed by atoms with van der Waals surface area (Å²) in [6.45, 7) is -0.678. The average Bonchev–Trinajstić information content (AvgIpc) is 2.68. The molecular formula is C17H17FN6O2S. The fraction of sp³-hybridized carbons (Fsp3) is 0.235. The fourth-order valence-electron chi connectivity index (χ4n) is 2.55. The molecule has 0 aromatic carbocycles. The molecule has 2 aromatic rings. The first-order chi connectivity index (χ1) is 12.9. The number of nitrogens with one attached hydrogen (secondary N) is 1. The fourth-order valence-corrected chi connectivity index (χ4v) is 2.67. The molecule has 8 nitrogen and oxygen atoms in total. The number of amidine groups is 1. The van der Waals surface area contributed by atoms with Crippen molar-refractivity contribution in [3.05, 3.63) is 53.5 Å². The zero-order valence-corrected chi connectivity index (χ0v) is 15.0. The van der Waals surface area contributed by atoms with Crippen molar-refractivity contribution >= 4 is 34.8 Å². The van der Waals surface area contributed by atoms with Crippen molar-refractivity contribution in [2.75, 3.05) is 25.2 Å². The Morgan fingerprint density at radius 2 is 2.19 bits per heavy atom. The number of nitrogens with two attached hydrogens (primary N) is 2. The SMILES string of the molecule is NC(=S)c1ccc(C(=O)Nc2cccc(C3(CF)COCC(N)=N3)n2)nc1. The predicted molar refractivity (Wildman–Crippen MR) is 102 cm³/mol. The van der Waals surface area contributed by atoms with E-state index in [1.807, 2.05) is 0 Å². The Kier molecular flexibility index (Phi) is 5.38. The molecule has 0 spiro atoms. The van der Waals surface area contributed by atoms with E-state index in [4.69, 9.17) is 28.4 Å². The van der Waals surface area contributed by atoms with E-state index in [0.717, 1.165) is 0 Å². The van der Waals surface area contributed by atoms with Gasteiger partial charge in [-0.1, -0.05) is 18.3 Å². The van der Waals surface area contributed by atoms with Crippen LogP contribution in [0.1, 0.15) is 21.7 Å². The summed E-state index contributed by atoms with van der Waals surface area (Å²) in [7, 11) is 0. The van der Waals surface area contributed by atoms with Gasteiger partial charge >= 0.3 is 0 Å². The van der Waals surface area contributed by atoms with E-state index in [9.17, 15) is 9.18 Å². The van der Waals surface area contributed by atoms with Crippen LogP contribution in [-0.4, -0.2) is 46.6 Å². The molecule has 140 valence electrons. The third kappa shape index (κ3) is 4.07. The molecule has 0 bridgehead atoms. The van der Waals surface area contributed by atoms with E-state index in [1.54, 1.807) is 24.3 Å². The van der Waals surface area contributed by atoms with Gasteiger partial charge in [-0.25, -0.2) is 9.37 Å². The number of rotatable bonds is 5. The smallest absolute Gasteiger partial charge is 0.275 e. The molecule has 0 saturated carbocycles.